The van der Waals surface area contributed by atoms with Crippen LogP contribution in [0.2, 0.25) is 0 Å². The summed E-state index contributed by atoms with van der Waals surface area (Å²) < 4.78 is 22.9. The van der Waals surface area contributed by atoms with E-state index >= 15 is 0 Å². The summed E-state index contributed by atoms with van der Waals surface area (Å²) in [4.78, 5) is 12.7. The normalized spacial score (nSPS) is 26.9. The van der Waals surface area contributed by atoms with Gasteiger partial charge in [-0.3, -0.25) is 4.79 Å². The second-order valence-electron chi connectivity index (χ2n) is 4.79. The largest absolute Gasteiger partial charge is 0.345 e. The zero-order valence-electron chi connectivity index (χ0n) is 9.82. The molecule has 17 heavy (non-hydrogen) atoms. The maximum absolute atomic E-state index is 12.0. The fraction of sp³-hybridized carbons (Fsp3) is 0.545. The average Bonchev–Trinajstić information content (AvgIpc) is 2.70. The number of aryl methyl sites for hydroxylation is 1. The Bertz CT molecular complexity index is 547. The van der Waals surface area contributed by atoms with Gasteiger partial charge < -0.3 is 5.32 Å². The summed E-state index contributed by atoms with van der Waals surface area (Å²) in [5.74, 6) is 0.0284. The van der Waals surface area contributed by atoms with Crippen molar-refractivity contribution in [3.8, 4) is 0 Å². The van der Waals surface area contributed by atoms with Crippen molar-refractivity contribution in [2.24, 2.45) is 0 Å². The van der Waals surface area contributed by atoms with E-state index in [0.29, 0.717) is 11.3 Å². The van der Waals surface area contributed by atoms with E-state index in [-0.39, 0.29) is 17.4 Å². The molecule has 1 aromatic rings. The zero-order chi connectivity index (χ0) is 12.7. The highest BCUT2D eigenvalue weighted by Crippen LogP contribution is 2.24. The van der Waals surface area contributed by atoms with Crippen LogP contribution >= 0.6 is 11.3 Å². The van der Waals surface area contributed by atoms with Crippen molar-refractivity contribution < 1.29 is 13.2 Å². The van der Waals surface area contributed by atoms with Gasteiger partial charge in [0, 0.05) is 0 Å². The topological polar surface area (TPSA) is 63.2 Å². The number of rotatable bonds is 2. The van der Waals surface area contributed by atoms with Crippen LogP contribution in [0.25, 0.3) is 0 Å². The summed E-state index contributed by atoms with van der Waals surface area (Å²) in [5, 5.41) is 4.71. The van der Waals surface area contributed by atoms with E-state index in [9.17, 15) is 13.2 Å². The molecule has 4 nitrogen and oxygen atoms in total. The minimum absolute atomic E-state index is 0.0379. The Morgan fingerprint density at radius 1 is 1.53 bits per heavy atom. The predicted molar refractivity (Wildman–Crippen MR) is 68.2 cm³/mol. The van der Waals surface area contributed by atoms with Crippen molar-refractivity contribution >= 4 is 27.1 Å². The number of amides is 1. The molecule has 6 heteroatoms. The standard InChI is InChI=1S/C11H15NO3S2/c1-8-3-5-16-9(8)10(13)12-11(2)4-6-17(14,15)7-11/h3,5H,4,6-7H2,1-2H3,(H,12,13)/t11-/m0/s1. The molecule has 2 heterocycles. The minimum atomic E-state index is -2.99. The fourth-order valence-corrected chi connectivity index (χ4v) is 4.96. The third kappa shape index (κ3) is 2.69. The van der Waals surface area contributed by atoms with Crippen LogP contribution in [0.1, 0.15) is 28.6 Å². The lowest BCUT2D eigenvalue weighted by Crippen LogP contribution is -2.46. The van der Waals surface area contributed by atoms with Crippen LogP contribution in [-0.4, -0.2) is 31.4 Å². The molecule has 1 amide bonds. The summed E-state index contributed by atoms with van der Waals surface area (Å²) in [6.45, 7) is 3.66. The molecule has 0 unspecified atom stereocenters. The van der Waals surface area contributed by atoms with E-state index in [1.165, 1.54) is 11.3 Å². The molecular weight excluding hydrogens is 258 g/mol. The second kappa shape index (κ2) is 4.10. The molecule has 1 aromatic heterocycles. The molecule has 0 radical (unpaired) electrons. The summed E-state index contributed by atoms with van der Waals surface area (Å²) >= 11 is 1.38. The van der Waals surface area contributed by atoms with Crippen LogP contribution < -0.4 is 5.32 Å². The molecule has 0 spiro atoms. The SMILES string of the molecule is Cc1ccsc1C(=O)N[C@@]1(C)CCS(=O)(=O)C1. The number of sulfone groups is 1. The fourth-order valence-electron chi connectivity index (χ4n) is 2.05. The number of carbonyl (C=O) groups excluding carboxylic acids is 1. The van der Waals surface area contributed by atoms with Gasteiger partial charge in [-0.1, -0.05) is 0 Å². The lowest BCUT2D eigenvalue weighted by Gasteiger charge is -2.23. The predicted octanol–water partition coefficient (Wildman–Crippen LogP) is 1.36. The molecule has 0 aromatic carbocycles. The van der Waals surface area contributed by atoms with Crippen LogP contribution in [0.4, 0.5) is 0 Å². The van der Waals surface area contributed by atoms with Crippen molar-refractivity contribution in [3.63, 3.8) is 0 Å². The minimum Gasteiger partial charge on any atom is -0.345 e. The highest BCUT2D eigenvalue weighted by atomic mass is 32.2. The number of carbonyl (C=O) groups is 1. The third-order valence-electron chi connectivity index (χ3n) is 2.99. The molecule has 1 N–H and O–H groups in total. The van der Waals surface area contributed by atoms with Crippen molar-refractivity contribution in [1.29, 1.82) is 0 Å². The maximum Gasteiger partial charge on any atom is 0.262 e. The van der Waals surface area contributed by atoms with Gasteiger partial charge in [0.15, 0.2) is 9.84 Å². The molecule has 1 saturated heterocycles. The van der Waals surface area contributed by atoms with E-state index in [0.717, 1.165) is 5.56 Å². The van der Waals surface area contributed by atoms with Crippen LogP contribution in [0.15, 0.2) is 11.4 Å². The van der Waals surface area contributed by atoms with Gasteiger partial charge in [0.25, 0.3) is 5.91 Å². The van der Waals surface area contributed by atoms with Gasteiger partial charge in [0.1, 0.15) is 0 Å². The molecule has 0 aliphatic carbocycles. The summed E-state index contributed by atoms with van der Waals surface area (Å²) in [5.41, 5.74) is 0.309. The number of thiophene rings is 1. The first-order valence-electron chi connectivity index (χ1n) is 5.38. The van der Waals surface area contributed by atoms with Gasteiger partial charge in [0.05, 0.1) is 21.9 Å². The maximum atomic E-state index is 12.0. The molecule has 1 atom stereocenters. The highest BCUT2D eigenvalue weighted by Gasteiger charge is 2.39. The van der Waals surface area contributed by atoms with Crippen LogP contribution in [0, 0.1) is 6.92 Å². The van der Waals surface area contributed by atoms with E-state index in [4.69, 9.17) is 0 Å². The summed E-state index contributed by atoms with van der Waals surface area (Å²) in [7, 11) is -2.99. The number of nitrogens with one attached hydrogen (secondary N) is 1. The van der Waals surface area contributed by atoms with Crippen molar-refractivity contribution in [2.45, 2.75) is 25.8 Å². The van der Waals surface area contributed by atoms with Crippen LogP contribution in [0.3, 0.4) is 0 Å². The quantitative estimate of drug-likeness (QED) is 0.885. The smallest absolute Gasteiger partial charge is 0.262 e. The molecule has 0 bridgehead atoms. The van der Waals surface area contributed by atoms with E-state index in [1.807, 2.05) is 18.4 Å². The Kier molecular flexibility index (Phi) is 3.03. The third-order valence-corrected chi connectivity index (χ3v) is 5.91. The van der Waals surface area contributed by atoms with Crippen molar-refractivity contribution in [2.75, 3.05) is 11.5 Å². The van der Waals surface area contributed by atoms with Gasteiger partial charge in [-0.25, -0.2) is 8.42 Å². The van der Waals surface area contributed by atoms with Crippen molar-refractivity contribution in [3.05, 3.63) is 21.9 Å². The van der Waals surface area contributed by atoms with E-state index in [1.54, 1.807) is 6.92 Å². The van der Waals surface area contributed by atoms with Gasteiger partial charge in [-0.05, 0) is 37.3 Å². The lowest BCUT2D eigenvalue weighted by molar-refractivity contribution is 0.0919. The molecule has 94 valence electrons. The molecule has 1 aliphatic heterocycles. The Morgan fingerprint density at radius 3 is 2.71 bits per heavy atom. The van der Waals surface area contributed by atoms with Gasteiger partial charge in [-0.15, -0.1) is 11.3 Å². The zero-order valence-corrected chi connectivity index (χ0v) is 11.5. The average molecular weight is 273 g/mol. The Balaban J connectivity index is 2.13. The number of hydrogen-bond donors (Lipinski definition) is 1. The highest BCUT2D eigenvalue weighted by molar-refractivity contribution is 7.91. The molecule has 0 saturated carbocycles. The van der Waals surface area contributed by atoms with Gasteiger partial charge in [-0.2, -0.15) is 0 Å². The molecule has 1 aliphatic rings. The second-order valence-corrected chi connectivity index (χ2v) is 7.89. The van der Waals surface area contributed by atoms with Gasteiger partial charge in [0.2, 0.25) is 0 Å². The van der Waals surface area contributed by atoms with Crippen LogP contribution in [-0.2, 0) is 9.84 Å². The first-order chi connectivity index (χ1) is 7.81. The monoisotopic (exact) mass is 273 g/mol. The first kappa shape index (κ1) is 12.6. The first-order valence-corrected chi connectivity index (χ1v) is 8.08. The number of hydrogen-bond acceptors (Lipinski definition) is 4. The Hall–Kier alpha value is -0.880. The lowest BCUT2D eigenvalue weighted by atomic mass is 10.0. The molecule has 2 rings (SSSR count). The Labute approximate surface area is 105 Å². The van der Waals surface area contributed by atoms with E-state index < -0.39 is 15.4 Å². The van der Waals surface area contributed by atoms with Crippen LogP contribution in [0.5, 0.6) is 0 Å². The molecule has 1 fully saturated rings. The summed E-state index contributed by atoms with van der Waals surface area (Å²) in [6.07, 6.45) is 0.492. The Morgan fingerprint density at radius 2 is 2.24 bits per heavy atom. The summed E-state index contributed by atoms with van der Waals surface area (Å²) in [6, 6.07) is 1.88. The van der Waals surface area contributed by atoms with Crippen molar-refractivity contribution in [1.82, 2.24) is 5.32 Å². The van der Waals surface area contributed by atoms with E-state index in [2.05, 4.69) is 5.32 Å². The van der Waals surface area contributed by atoms with Gasteiger partial charge >= 0.3 is 0 Å². The molecular formula is C11H15NO3S2.